The van der Waals surface area contributed by atoms with Gasteiger partial charge in [0.25, 0.3) is 5.91 Å². The normalized spacial score (nSPS) is 12.0. The molecule has 0 fully saturated rings. The maximum atomic E-state index is 13.4. The molecule has 0 bridgehead atoms. The molecular weight excluding hydrogens is 343 g/mol. The van der Waals surface area contributed by atoms with Gasteiger partial charge in [-0.15, -0.1) is 0 Å². The van der Waals surface area contributed by atoms with Crippen LogP contribution in [0.2, 0.25) is 0 Å². The van der Waals surface area contributed by atoms with Crippen LogP contribution in [0.25, 0.3) is 11.3 Å². The fourth-order valence-corrected chi connectivity index (χ4v) is 2.57. The molecule has 0 saturated carbocycles. The molecule has 134 valence electrons. The first-order valence-electron chi connectivity index (χ1n) is 7.94. The molecule has 1 unspecified atom stereocenters. The summed E-state index contributed by atoms with van der Waals surface area (Å²) in [7, 11) is 1.55. The van der Waals surface area contributed by atoms with E-state index in [1.165, 1.54) is 29.2 Å². The van der Waals surface area contributed by atoms with Crippen LogP contribution in [0.4, 0.5) is 13.2 Å². The molecule has 1 amide bonds. The minimum Gasteiger partial charge on any atom is -0.451 e. The van der Waals surface area contributed by atoms with Gasteiger partial charge in [-0.1, -0.05) is 6.07 Å². The Labute approximate surface area is 148 Å². The summed E-state index contributed by atoms with van der Waals surface area (Å²) in [6.07, 6.45) is 0. The lowest BCUT2D eigenvalue weighted by Crippen LogP contribution is -2.29. The second kappa shape index (κ2) is 7.07. The smallest absolute Gasteiger partial charge is 0.289 e. The summed E-state index contributed by atoms with van der Waals surface area (Å²) in [6, 6.07) is 11.9. The van der Waals surface area contributed by atoms with Crippen molar-refractivity contribution in [3.8, 4) is 11.3 Å². The van der Waals surface area contributed by atoms with E-state index in [4.69, 9.17) is 4.42 Å². The topological polar surface area (TPSA) is 33.5 Å². The summed E-state index contributed by atoms with van der Waals surface area (Å²) in [6.45, 7) is 1.70. The summed E-state index contributed by atoms with van der Waals surface area (Å²) < 4.78 is 45.1. The van der Waals surface area contributed by atoms with Crippen molar-refractivity contribution in [2.45, 2.75) is 13.0 Å². The van der Waals surface area contributed by atoms with Crippen molar-refractivity contribution in [2.75, 3.05) is 7.05 Å². The minimum absolute atomic E-state index is 0.0984. The van der Waals surface area contributed by atoms with Crippen LogP contribution in [0, 0.1) is 17.5 Å². The molecule has 1 atom stereocenters. The molecule has 0 aliphatic rings. The zero-order valence-corrected chi connectivity index (χ0v) is 14.2. The van der Waals surface area contributed by atoms with Crippen LogP contribution in [0.3, 0.4) is 0 Å². The lowest BCUT2D eigenvalue weighted by atomic mass is 10.1. The van der Waals surface area contributed by atoms with Gasteiger partial charge >= 0.3 is 0 Å². The van der Waals surface area contributed by atoms with E-state index in [2.05, 4.69) is 0 Å². The number of hydrogen-bond donors (Lipinski definition) is 0. The third-order valence-electron chi connectivity index (χ3n) is 4.27. The Morgan fingerprint density at radius 1 is 0.962 bits per heavy atom. The van der Waals surface area contributed by atoms with Gasteiger partial charge in [0.15, 0.2) is 17.4 Å². The molecule has 1 heterocycles. The number of halogens is 3. The quantitative estimate of drug-likeness (QED) is 0.642. The predicted octanol–water partition coefficient (Wildman–Crippen LogP) is 5.20. The Morgan fingerprint density at radius 3 is 2.31 bits per heavy atom. The van der Waals surface area contributed by atoms with E-state index in [-0.39, 0.29) is 11.6 Å². The Hall–Kier alpha value is -3.02. The third kappa shape index (κ3) is 3.49. The standard InChI is InChI=1S/C20H16F3NO2/c1-12(14-5-8-16(22)17(23)11-14)24(2)20(25)19-10-9-18(26-19)13-3-6-15(21)7-4-13/h3-12H,1-2H3. The predicted molar refractivity (Wildman–Crippen MR) is 91.0 cm³/mol. The molecule has 0 N–H and O–H groups in total. The number of benzene rings is 2. The largest absolute Gasteiger partial charge is 0.451 e. The number of furan rings is 1. The van der Waals surface area contributed by atoms with E-state index in [9.17, 15) is 18.0 Å². The van der Waals surface area contributed by atoms with Gasteiger partial charge in [-0.05, 0) is 61.0 Å². The maximum Gasteiger partial charge on any atom is 0.289 e. The molecule has 3 rings (SSSR count). The van der Waals surface area contributed by atoms with Crippen LogP contribution < -0.4 is 0 Å². The molecule has 0 spiro atoms. The summed E-state index contributed by atoms with van der Waals surface area (Å²) in [5.74, 6) is -2.15. The van der Waals surface area contributed by atoms with Gasteiger partial charge in [0.1, 0.15) is 11.6 Å². The van der Waals surface area contributed by atoms with E-state index in [0.717, 1.165) is 12.1 Å². The number of carbonyl (C=O) groups is 1. The first-order chi connectivity index (χ1) is 12.4. The molecule has 0 radical (unpaired) electrons. The number of hydrogen-bond acceptors (Lipinski definition) is 2. The molecule has 1 aromatic heterocycles. The average molecular weight is 359 g/mol. The zero-order chi connectivity index (χ0) is 18.8. The molecule has 6 heteroatoms. The van der Waals surface area contributed by atoms with Gasteiger partial charge in [0.2, 0.25) is 0 Å². The van der Waals surface area contributed by atoms with E-state index in [1.54, 1.807) is 32.2 Å². The van der Waals surface area contributed by atoms with Crippen molar-refractivity contribution in [3.05, 3.63) is 83.4 Å². The van der Waals surface area contributed by atoms with E-state index in [0.29, 0.717) is 16.9 Å². The molecular formula is C20H16F3NO2. The van der Waals surface area contributed by atoms with Crippen molar-refractivity contribution < 1.29 is 22.4 Å². The number of nitrogens with zero attached hydrogens (tertiary/aromatic N) is 1. The molecule has 3 aromatic rings. The molecule has 26 heavy (non-hydrogen) atoms. The van der Waals surface area contributed by atoms with Gasteiger partial charge in [-0.25, -0.2) is 13.2 Å². The second-order valence-corrected chi connectivity index (χ2v) is 5.94. The highest BCUT2D eigenvalue weighted by molar-refractivity contribution is 5.92. The second-order valence-electron chi connectivity index (χ2n) is 5.94. The lowest BCUT2D eigenvalue weighted by molar-refractivity contribution is 0.0711. The molecule has 0 saturated heterocycles. The Bertz CT molecular complexity index is 934. The Morgan fingerprint density at radius 2 is 1.65 bits per heavy atom. The van der Waals surface area contributed by atoms with Crippen LogP contribution >= 0.6 is 0 Å². The highest BCUT2D eigenvalue weighted by Crippen LogP contribution is 2.26. The van der Waals surface area contributed by atoms with Crippen molar-refractivity contribution in [1.82, 2.24) is 4.90 Å². The van der Waals surface area contributed by atoms with Crippen LogP contribution in [-0.2, 0) is 0 Å². The first kappa shape index (κ1) is 17.8. The minimum atomic E-state index is -0.966. The highest BCUT2D eigenvalue weighted by Gasteiger charge is 2.22. The molecule has 0 aliphatic carbocycles. The van der Waals surface area contributed by atoms with Crippen molar-refractivity contribution in [1.29, 1.82) is 0 Å². The van der Waals surface area contributed by atoms with Gasteiger partial charge in [-0.2, -0.15) is 0 Å². The van der Waals surface area contributed by atoms with Crippen molar-refractivity contribution in [2.24, 2.45) is 0 Å². The van der Waals surface area contributed by atoms with E-state index in [1.807, 2.05) is 0 Å². The lowest BCUT2D eigenvalue weighted by Gasteiger charge is -2.24. The number of rotatable bonds is 4. The van der Waals surface area contributed by atoms with Crippen molar-refractivity contribution in [3.63, 3.8) is 0 Å². The maximum absolute atomic E-state index is 13.4. The fraction of sp³-hybridized carbons (Fsp3) is 0.150. The molecule has 0 aliphatic heterocycles. The molecule has 2 aromatic carbocycles. The van der Waals surface area contributed by atoms with E-state index < -0.39 is 23.6 Å². The monoisotopic (exact) mass is 359 g/mol. The SMILES string of the molecule is CC(c1ccc(F)c(F)c1)N(C)C(=O)c1ccc(-c2ccc(F)cc2)o1. The summed E-state index contributed by atoms with van der Waals surface area (Å²) >= 11 is 0. The van der Waals surface area contributed by atoms with E-state index >= 15 is 0 Å². The van der Waals surface area contributed by atoms with Gasteiger partial charge in [0, 0.05) is 12.6 Å². The summed E-state index contributed by atoms with van der Waals surface area (Å²) in [4.78, 5) is 14.0. The number of carbonyl (C=O) groups excluding carboxylic acids is 1. The van der Waals surface area contributed by atoms with Gasteiger partial charge in [-0.3, -0.25) is 4.79 Å². The Balaban J connectivity index is 1.80. The van der Waals surface area contributed by atoms with Gasteiger partial charge in [0.05, 0.1) is 6.04 Å². The van der Waals surface area contributed by atoms with Crippen molar-refractivity contribution >= 4 is 5.91 Å². The fourth-order valence-electron chi connectivity index (χ4n) is 2.57. The first-order valence-corrected chi connectivity index (χ1v) is 7.94. The van der Waals surface area contributed by atoms with Gasteiger partial charge < -0.3 is 9.32 Å². The Kier molecular flexibility index (Phi) is 4.84. The van der Waals surface area contributed by atoms with Crippen LogP contribution in [-0.4, -0.2) is 17.9 Å². The third-order valence-corrected chi connectivity index (χ3v) is 4.27. The van der Waals surface area contributed by atoms with Crippen LogP contribution in [0.15, 0.2) is 59.0 Å². The molecule has 3 nitrogen and oxygen atoms in total. The van der Waals surface area contributed by atoms with Crippen LogP contribution in [0.1, 0.15) is 29.1 Å². The summed E-state index contributed by atoms with van der Waals surface area (Å²) in [5, 5.41) is 0. The number of amides is 1. The summed E-state index contributed by atoms with van der Waals surface area (Å²) in [5.41, 5.74) is 1.10. The van der Waals surface area contributed by atoms with Crippen LogP contribution in [0.5, 0.6) is 0 Å². The zero-order valence-electron chi connectivity index (χ0n) is 14.2. The highest BCUT2D eigenvalue weighted by atomic mass is 19.2. The average Bonchev–Trinajstić information content (AvgIpc) is 3.13.